The van der Waals surface area contributed by atoms with Crippen molar-refractivity contribution in [3.05, 3.63) is 17.5 Å². The SMILES string of the molecule is O=S(=O)(NC1C2CC3CC(C2)CC1C3)c1cccs1. The first-order valence-corrected chi connectivity index (χ1v) is 9.54. The fraction of sp³-hybridized carbons (Fsp3) is 0.714. The number of sulfonamides is 1. The van der Waals surface area contributed by atoms with Crippen LogP contribution in [0.4, 0.5) is 0 Å². The summed E-state index contributed by atoms with van der Waals surface area (Å²) < 4.78 is 28.3. The number of hydrogen-bond acceptors (Lipinski definition) is 3. The molecule has 104 valence electrons. The minimum absolute atomic E-state index is 0.194. The van der Waals surface area contributed by atoms with Crippen molar-refractivity contribution in [2.24, 2.45) is 23.7 Å². The van der Waals surface area contributed by atoms with Gasteiger partial charge in [-0.3, -0.25) is 0 Å². The molecule has 4 aliphatic rings. The van der Waals surface area contributed by atoms with Gasteiger partial charge in [0.1, 0.15) is 4.21 Å². The van der Waals surface area contributed by atoms with E-state index in [0.717, 1.165) is 11.8 Å². The van der Waals surface area contributed by atoms with Crippen molar-refractivity contribution in [2.45, 2.75) is 42.4 Å². The summed E-state index contributed by atoms with van der Waals surface area (Å²) in [7, 11) is -3.29. The summed E-state index contributed by atoms with van der Waals surface area (Å²) in [5, 5.41) is 1.82. The molecule has 4 aliphatic carbocycles. The maximum atomic E-state index is 12.4. The second-order valence-electron chi connectivity index (χ2n) is 6.51. The van der Waals surface area contributed by atoms with Crippen LogP contribution in [0.2, 0.25) is 0 Å². The highest BCUT2D eigenvalue weighted by molar-refractivity contribution is 7.91. The van der Waals surface area contributed by atoms with Gasteiger partial charge in [0.15, 0.2) is 0 Å². The molecule has 5 rings (SSSR count). The predicted molar refractivity (Wildman–Crippen MR) is 75.5 cm³/mol. The molecule has 5 heteroatoms. The lowest BCUT2D eigenvalue weighted by atomic mass is 9.54. The summed E-state index contributed by atoms with van der Waals surface area (Å²) >= 11 is 1.31. The molecular formula is C14H19NO2S2. The van der Waals surface area contributed by atoms with E-state index in [1.165, 1.54) is 43.4 Å². The third-order valence-electron chi connectivity index (χ3n) is 5.28. The van der Waals surface area contributed by atoms with Crippen molar-refractivity contribution in [2.75, 3.05) is 0 Å². The van der Waals surface area contributed by atoms with E-state index in [4.69, 9.17) is 0 Å². The Hall–Kier alpha value is -0.390. The first-order valence-electron chi connectivity index (χ1n) is 7.17. The zero-order valence-corrected chi connectivity index (χ0v) is 12.4. The molecule has 3 nitrogen and oxygen atoms in total. The van der Waals surface area contributed by atoms with Crippen molar-refractivity contribution in [3.63, 3.8) is 0 Å². The molecule has 1 heterocycles. The summed E-state index contributed by atoms with van der Waals surface area (Å²) in [5.41, 5.74) is 0. The largest absolute Gasteiger partial charge is 0.250 e. The number of thiophene rings is 1. The Labute approximate surface area is 118 Å². The van der Waals surface area contributed by atoms with Gasteiger partial charge in [-0.1, -0.05) is 6.07 Å². The second kappa shape index (κ2) is 4.30. The molecule has 1 N–H and O–H groups in total. The second-order valence-corrected chi connectivity index (χ2v) is 9.40. The molecule has 0 saturated heterocycles. The van der Waals surface area contributed by atoms with E-state index >= 15 is 0 Å². The van der Waals surface area contributed by atoms with Gasteiger partial charge in [0.2, 0.25) is 10.0 Å². The van der Waals surface area contributed by atoms with E-state index in [2.05, 4.69) is 4.72 Å². The Bertz CT molecular complexity index is 536. The highest BCUT2D eigenvalue weighted by Crippen LogP contribution is 2.53. The number of nitrogens with one attached hydrogen (secondary N) is 1. The zero-order chi connectivity index (χ0) is 13.0. The molecule has 1 aromatic heterocycles. The molecule has 0 aliphatic heterocycles. The van der Waals surface area contributed by atoms with E-state index in [1.54, 1.807) is 12.1 Å². The quantitative estimate of drug-likeness (QED) is 0.932. The molecule has 0 aromatic carbocycles. The molecule has 0 atom stereocenters. The van der Waals surface area contributed by atoms with Gasteiger partial charge in [0.25, 0.3) is 0 Å². The summed E-state index contributed by atoms with van der Waals surface area (Å²) in [4.78, 5) is 0. The van der Waals surface area contributed by atoms with Gasteiger partial charge in [-0.25, -0.2) is 13.1 Å². The van der Waals surface area contributed by atoms with Crippen LogP contribution in [-0.4, -0.2) is 14.5 Å². The van der Waals surface area contributed by atoms with E-state index in [9.17, 15) is 8.42 Å². The lowest BCUT2D eigenvalue weighted by molar-refractivity contribution is -0.00556. The van der Waals surface area contributed by atoms with Gasteiger partial charge in [0.05, 0.1) is 0 Å². The molecule has 4 fully saturated rings. The van der Waals surface area contributed by atoms with Gasteiger partial charge in [-0.2, -0.15) is 0 Å². The van der Waals surface area contributed by atoms with E-state index in [0.29, 0.717) is 16.0 Å². The Kier molecular flexibility index (Phi) is 2.80. The highest BCUT2D eigenvalue weighted by Gasteiger charge is 2.49. The van der Waals surface area contributed by atoms with Crippen LogP contribution in [0, 0.1) is 23.7 Å². The van der Waals surface area contributed by atoms with Crippen molar-refractivity contribution < 1.29 is 8.42 Å². The van der Waals surface area contributed by atoms with Gasteiger partial charge in [-0.15, -0.1) is 11.3 Å². The van der Waals surface area contributed by atoms with Crippen LogP contribution in [0.5, 0.6) is 0 Å². The fourth-order valence-corrected chi connectivity index (χ4v) is 7.15. The summed E-state index contributed by atoms with van der Waals surface area (Å²) in [6.07, 6.45) is 6.36. The Morgan fingerprint density at radius 2 is 1.68 bits per heavy atom. The van der Waals surface area contributed by atoms with E-state index < -0.39 is 10.0 Å². The monoisotopic (exact) mass is 297 g/mol. The number of rotatable bonds is 3. The van der Waals surface area contributed by atoms with Crippen LogP contribution in [0.1, 0.15) is 32.1 Å². The van der Waals surface area contributed by atoms with Crippen molar-refractivity contribution in [3.8, 4) is 0 Å². The molecular weight excluding hydrogens is 278 g/mol. The fourth-order valence-electron chi connectivity index (χ4n) is 4.77. The summed E-state index contributed by atoms with van der Waals surface area (Å²) in [6, 6.07) is 3.69. The van der Waals surface area contributed by atoms with Gasteiger partial charge < -0.3 is 0 Å². The predicted octanol–water partition coefficient (Wildman–Crippen LogP) is 2.85. The minimum atomic E-state index is -3.29. The zero-order valence-electron chi connectivity index (χ0n) is 10.8. The maximum Gasteiger partial charge on any atom is 0.250 e. The van der Waals surface area contributed by atoms with Gasteiger partial charge in [0, 0.05) is 6.04 Å². The van der Waals surface area contributed by atoms with E-state index in [1.807, 2.05) is 5.38 Å². The standard InChI is InChI=1S/C14H19NO2S2/c16-19(17,13-2-1-3-18-13)15-14-11-5-9-4-10(7-11)8-12(14)6-9/h1-3,9-12,14-15H,4-8H2. The lowest BCUT2D eigenvalue weighted by Gasteiger charge is -2.54. The van der Waals surface area contributed by atoms with Crippen molar-refractivity contribution in [1.82, 2.24) is 4.72 Å². The van der Waals surface area contributed by atoms with Gasteiger partial charge >= 0.3 is 0 Å². The lowest BCUT2D eigenvalue weighted by Crippen LogP contribution is -2.55. The third-order valence-corrected chi connectivity index (χ3v) is 8.13. The maximum absolute atomic E-state index is 12.4. The van der Waals surface area contributed by atoms with Gasteiger partial charge in [-0.05, 0) is 67.2 Å². The number of hydrogen-bond donors (Lipinski definition) is 1. The highest BCUT2D eigenvalue weighted by atomic mass is 32.2. The van der Waals surface area contributed by atoms with Crippen LogP contribution in [0.25, 0.3) is 0 Å². The normalized spacial score (nSPS) is 40.7. The Balaban J connectivity index is 1.58. The smallest absolute Gasteiger partial charge is 0.207 e. The molecule has 4 bridgehead atoms. The Morgan fingerprint density at radius 1 is 1.05 bits per heavy atom. The average Bonchev–Trinajstić information content (AvgIpc) is 2.87. The Morgan fingerprint density at radius 3 is 2.21 bits per heavy atom. The van der Waals surface area contributed by atoms with Crippen LogP contribution < -0.4 is 4.72 Å². The van der Waals surface area contributed by atoms with Crippen molar-refractivity contribution >= 4 is 21.4 Å². The summed E-state index contributed by atoms with van der Waals surface area (Å²) in [5.74, 6) is 2.94. The molecule has 4 saturated carbocycles. The molecule has 1 aromatic rings. The van der Waals surface area contributed by atoms with Crippen molar-refractivity contribution in [1.29, 1.82) is 0 Å². The first-order chi connectivity index (χ1) is 9.12. The van der Waals surface area contributed by atoms with Crippen LogP contribution in [0.15, 0.2) is 21.7 Å². The molecule has 0 radical (unpaired) electrons. The topological polar surface area (TPSA) is 46.2 Å². The molecule has 0 amide bonds. The summed E-state index contributed by atoms with van der Waals surface area (Å²) in [6.45, 7) is 0. The average molecular weight is 297 g/mol. The minimum Gasteiger partial charge on any atom is -0.207 e. The van der Waals surface area contributed by atoms with Crippen LogP contribution in [-0.2, 0) is 10.0 Å². The first kappa shape index (κ1) is 12.4. The molecule has 19 heavy (non-hydrogen) atoms. The van der Waals surface area contributed by atoms with Crippen LogP contribution in [0.3, 0.4) is 0 Å². The molecule has 0 unspecified atom stereocenters. The van der Waals surface area contributed by atoms with Crippen LogP contribution >= 0.6 is 11.3 Å². The van der Waals surface area contributed by atoms with E-state index in [-0.39, 0.29) is 6.04 Å². The molecule has 0 spiro atoms. The third kappa shape index (κ3) is 2.06.